The van der Waals surface area contributed by atoms with Gasteiger partial charge in [-0.2, -0.15) is 0 Å². The molecular formula is C11H22N2O3. The second-order valence-corrected chi connectivity index (χ2v) is 4.03. The Bertz CT molecular complexity index is 201. The maximum atomic E-state index is 11.5. The number of aliphatic hydroxyl groups is 1. The zero-order chi connectivity index (χ0) is 11.8. The third kappa shape index (κ3) is 4.47. The number of ether oxygens (including phenoxy) is 1. The van der Waals surface area contributed by atoms with E-state index in [1.165, 1.54) is 0 Å². The fourth-order valence-corrected chi connectivity index (χ4v) is 1.70. The molecule has 16 heavy (non-hydrogen) atoms. The van der Waals surface area contributed by atoms with Crippen LogP contribution in [0, 0.1) is 5.92 Å². The third-order valence-corrected chi connectivity index (χ3v) is 2.91. The standard InChI is InChI=1S/C11H22N2O3/c1-2-10(9-14)11(15)12-3-4-13-5-7-16-8-6-13/h10,14H,2-9H2,1H3,(H,12,15). The first-order valence-corrected chi connectivity index (χ1v) is 5.96. The van der Waals surface area contributed by atoms with E-state index in [1.807, 2.05) is 6.92 Å². The summed E-state index contributed by atoms with van der Waals surface area (Å²) in [5.74, 6) is -0.303. The Kier molecular flexibility index (Phi) is 6.37. The van der Waals surface area contributed by atoms with Crippen LogP contribution in [0.1, 0.15) is 13.3 Å². The van der Waals surface area contributed by atoms with Crippen molar-refractivity contribution in [2.45, 2.75) is 13.3 Å². The molecule has 0 aromatic heterocycles. The summed E-state index contributed by atoms with van der Waals surface area (Å²) in [6, 6.07) is 0. The number of carbonyl (C=O) groups is 1. The molecule has 0 bridgehead atoms. The molecule has 5 heteroatoms. The molecule has 1 unspecified atom stereocenters. The molecule has 2 N–H and O–H groups in total. The molecule has 1 aliphatic rings. The van der Waals surface area contributed by atoms with Gasteiger partial charge in [0.25, 0.3) is 0 Å². The Morgan fingerprint density at radius 1 is 1.50 bits per heavy atom. The van der Waals surface area contributed by atoms with E-state index >= 15 is 0 Å². The van der Waals surface area contributed by atoms with Crippen LogP contribution in [0.15, 0.2) is 0 Å². The zero-order valence-corrected chi connectivity index (χ0v) is 9.95. The first-order valence-electron chi connectivity index (χ1n) is 5.96. The molecule has 5 nitrogen and oxygen atoms in total. The van der Waals surface area contributed by atoms with Crippen molar-refractivity contribution < 1.29 is 14.6 Å². The van der Waals surface area contributed by atoms with Crippen LogP contribution in [0.2, 0.25) is 0 Å². The molecule has 0 aliphatic carbocycles. The number of hydrogen-bond donors (Lipinski definition) is 2. The lowest BCUT2D eigenvalue weighted by Crippen LogP contribution is -2.42. The van der Waals surface area contributed by atoms with E-state index in [1.54, 1.807) is 0 Å². The van der Waals surface area contributed by atoms with Crippen molar-refractivity contribution in [2.75, 3.05) is 46.0 Å². The molecule has 1 rings (SSSR count). The lowest BCUT2D eigenvalue weighted by molar-refractivity contribution is -0.126. The first kappa shape index (κ1) is 13.4. The van der Waals surface area contributed by atoms with E-state index in [2.05, 4.69) is 10.2 Å². The molecule has 0 spiro atoms. The van der Waals surface area contributed by atoms with Crippen molar-refractivity contribution in [2.24, 2.45) is 5.92 Å². The summed E-state index contributed by atoms with van der Waals surface area (Å²) < 4.78 is 5.24. The smallest absolute Gasteiger partial charge is 0.225 e. The zero-order valence-electron chi connectivity index (χ0n) is 9.95. The van der Waals surface area contributed by atoms with Crippen LogP contribution in [-0.4, -0.2) is 61.9 Å². The summed E-state index contributed by atoms with van der Waals surface area (Å²) in [5.41, 5.74) is 0. The van der Waals surface area contributed by atoms with Crippen LogP contribution in [0.5, 0.6) is 0 Å². The van der Waals surface area contributed by atoms with Gasteiger partial charge in [-0.05, 0) is 6.42 Å². The fourth-order valence-electron chi connectivity index (χ4n) is 1.70. The van der Waals surface area contributed by atoms with Gasteiger partial charge in [0.05, 0.1) is 25.7 Å². The molecule has 94 valence electrons. The fraction of sp³-hybridized carbons (Fsp3) is 0.909. The third-order valence-electron chi connectivity index (χ3n) is 2.91. The van der Waals surface area contributed by atoms with Gasteiger partial charge in [-0.25, -0.2) is 0 Å². The van der Waals surface area contributed by atoms with Crippen molar-refractivity contribution >= 4 is 5.91 Å². The average Bonchev–Trinajstić information content (AvgIpc) is 2.32. The molecule has 0 aromatic carbocycles. The van der Waals surface area contributed by atoms with Gasteiger partial charge in [-0.3, -0.25) is 9.69 Å². The van der Waals surface area contributed by atoms with E-state index in [4.69, 9.17) is 9.84 Å². The van der Waals surface area contributed by atoms with E-state index in [0.717, 1.165) is 32.8 Å². The highest BCUT2D eigenvalue weighted by atomic mass is 16.5. The van der Waals surface area contributed by atoms with Crippen molar-refractivity contribution in [1.82, 2.24) is 10.2 Å². The highest BCUT2D eigenvalue weighted by Crippen LogP contribution is 2.00. The topological polar surface area (TPSA) is 61.8 Å². The van der Waals surface area contributed by atoms with Crippen LogP contribution >= 0.6 is 0 Å². The Labute approximate surface area is 96.8 Å². The first-order chi connectivity index (χ1) is 7.77. The number of aliphatic hydroxyl groups excluding tert-OH is 1. The Balaban J connectivity index is 2.11. The van der Waals surface area contributed by atoms with Gasteiger partial charge in [0, 0.05) is 26.2 Å². The molecule has 1 aliphatic heterocycles. The number of hydrogen-bond acceptors (Lipinski definition) is 4. The maximum Gasteiger partial charge on any atom is 0.225 e. The minimum atomic E-state index is -0.260. The van der Waals surface area contributed by atoms with Gasteiger partial charge < -0.3 is 15.2 Å². The van der Waals surface area contributed by atoms with Gasteiger partial charge in [0.15, 0.2) is 0 Å². The second-order valence-electron chi connectivity index (χ2n) is 4.03. The summed E-state index contributed by atoms with van der Waals surface area (Å²) in [6.45, 7) is 6.78. The van der Waals surface area contributed by atoms with Crippen LogP contribution in [-0.2, 0) is 9.53 Å². The summed E-state index contributed by atoms with van der Waals surface area (Å²) in [4.78, 5) is 13.8. The molecule has 0 aromatic rings. The number of nitrogens with zero attached hydrogens (tertiary/aromatic N) is 1. The summed E-state index contributed by atoms with van der Waals surface area (Å²) in [5, 5.41) is 11.8. The predicted octanol–water partition coefficient (Wildman–Crippen LogP) is -0.547. The highest BCUT2D eigenvalue weighted by molar-refractivity contribution is 5.78. The molecule has 1 amide bonds. The minimum absolute atomic E-state index is 0.0433. The second kappa shape index (κ2) is 7.60. The van der Waals surface area contributed by atoms with Gasteiger partial charge >= 0.3 is 0 Å². The average molecular weight is 230 g/mol. The molecule has 1 saturated heterocycles. The van der Waals surface area contributed by atoms with Gasteiger partial charge in [-0.1, -0.05) is 6.92 Å². The molecular weight excluding hydrogens is 208 g/mol. The summed E-state index contributed by atoms with van der Waals surface area (Å²) in [7, 11) is 0. The lowest BCUT2D eigenvalue weighted by Gasteiger charge is -2.26. The van der Waals surface area contributed by atoms with E-state index in [-0.39, 0.29) is 18.4 Å². The SMILES string of the molecule is CCC(CO)C(=O)NCCN1CCOCC1. The minimum Gasteiger partial charge on any atom is -0.396 e. The number of morpholine rings is 1. The Hall–Kier alpha value is -0.650. The van der Waals surface area contributed by atoms with E-state index in [0.29, 0.717) is 13.0 Å². The van der Waals surface area contributed by atoms with Crippen molar-refractivity contribution in [3.05, 3.63) is 0 Å². The molecule has 1 atom stereocenters. The Morgan fingerprint density at radius 2 is 2.19 bits per heavy atom. The quantitative estimate of drug-likeness (QED) is 0.643. The maximum absolute atomic E-state index is 11.5. The molecule has 0 saturated carbocycles. The van der Waals surface area contributed by atoms with Gasteiger partial charge in [0.1, 0.15) is 0 Å². The number of amides is 1. The molecule has 0 radical (unpaired) electrons. The van der Waals surface area contributed by atoms with Crippen LogP contribution in [0.3, 0.4) is 0 Å². The highest BCUT2D eigenvalue weighted by Gasteiger charge is 2.15. The van der Waals surface area contributed by atoms with Gasteiger partial charge in [-0.15, -0.1) is 0 Å². The van der Waals surface area contributed by atoms with Gasteiger partial charge in [0.2, 0.25) is 5.91 Å². The van der Waals surface area contributed by atoms with Crippen LogP contribution < -0.4 is 5.32 Å². The molecule has 1 fully saturated rings. The monoisotopic (exact) mass is 230 g/mol. The number of nitrogens with one attached hydrogen (secondary N) is 1. The van der Waals surface area contributed by atoms with Crippen molar-refractivity contribution in [3.8, 4) is 0 Å². The summed E-state index contributed by atoms with van der Waals surface area (Å²) >= 11 is 0. The summed E-state index contributed by atoms with van der Waals surface area (Å²) in [6.07, 6.45) is 0.680. The largest absolute Gasteiger partial charge is 0.396 e. The van der Waals surface area contributed by atoms with Crippen LogP contribution in [0.4, 0.5) is 0 Å². The lowest BCUT2D eigenvalue weighted by atomic mass is 10.1. The number of rotatable bonds is 6. The van der Waals surface area contributed by atoms with Crippen molar-refractivity contribution in [3.63, 3.8) is 0 Å². The van der Waals surface area contributed by atoms with E-state index < -0.39 is 0 Å². The molecule has 1 heterocycles. The van der Waals surface area contributed by atoms with Crippen molar-refractivity contribution in [1.29, 1.82) is 0 Å². The number of carbonyl (C=O) groups excluding carboxylic acids is 1. The normalized spacial score (nSPS) is 19.4. The Morgan fingerprint density at radius 3 is 2.75 bits per heavy atom. The van der Waals surface area contributed by atoms with E-state index in [9.17, 15) is 4.79 Å². The van der Waals surface area contributed by atoms with Crippen LogP contribution in [0.25, 0.3) is 0 Å². The predicted molar refractivity (Wildman–Crippen MR) is 61.1 cm³/mol.